The van der Waals surface area contributed by atoms with Crippen molar-refractivity contribution in [3.8, 4) is 0 Å². The van der Waals surface area contributed by atoms with Crippen LogP contribution in [0, 0.1) is 0 Å². The third-order valence-corrected chi connectivity index (χ3v) is 2.86. The van der Waals surface area contributed by atoms with E-state index in [4.69, 9.17) is 5.11 Å². The molecule has 0 amide bonds. The highest BCUT2D eigenvalue weighted by molar-refractivity contribution is 7.80. The van der Waals surface area contributed by atoms with Crippen LogP contribution in [0.1, 0.15) is 27.6 Å². The van der Waals surface area contributed by atoms with Gasteiger partial charge in [0.25, 0.3) is 0 Å². The van der Waals surface area contributed by atoms with Crippen LogP contribution in [0.15, 0.2) is 18.2 Å². The van der Waals surface area contributed by atoms with Crippen LogP contribution in [0.4, 0.5) is 13.2 Å². The van der Waals surface area contributed by atoms with E-state index in [0.717, 1.165) is 6.07 Å². The zero-order valence-electron chi connectivity index (χ0n) is 9.42. The third-order valence-electron chi connectivity index (χ3n) is 2.48. The number of carboxylic acids is 1. The van der Waals surface area contributed by atoms with Crippen molar-refractivity contribution in [1.82, 2.24) is 0 Å². The minimum absolute atomic E-state index is 0.165. The summed E-state index contributed by atoms with van der Waals surface area (Å²) in [5, 5.41) is 27.9. The summed E-state index contributed by atoms with van der Waals surface area (Å²) in [5.74, 6) is -1.78. The summed E-state index contributed by atoms with van der Waals surface area (Å²) in [6.45, 7) is 0. The Bertz CT molecular complexity index is 475. The molecule has 0 aromatic heterocycles. The summed E-state index contributed by atoms with van der Waals surface area (Å²) >= 11 is 3.72. The van der Waals surface area contributed by atoms with Gasteiger partial charge >= 0.3 is 12.1 Å². The Morgan fingerprint density at radius 1 is 1.32 bits per heavy atom. The van der Waals surface area contributed by atoms with E-state index in [1.54, 1.807) is 0 Å². The summed E-state index contributed by atoms with van der Waals surface area (Å²) in [7, 11) is 0. The van der Waals surface area contributed by atoms with Gasteiger partial charge in [0.15, 0.2) is 0 Å². The molecule has 1 aromatic rings. The molecular weight excluding hydrogens is 285 g/mol. The van der Waals surface area contributed by atoms with E-state index < -0.39 is 35.5 Å². The second kappa shape index (κ2) is 5.81. The smallest absolute Gasteiger partial charge is 0.416 e. The maximum atomic E-state index is 12.5. The van der Waals surface area contributed by atoms with Crippen molar-refractivity contribution in [2.75, 3.05) is 5.75 Å². The van der Waals surface area contributed by atoms with Crippen molar-refractivity contribution < 1.29 is 33.3 Å². The number of benzene rings is 1. The van der Waals surface area contributed by atoms with Crippen molar-refractivity contribution in [3.63, 3.8) is 0 Å². The molecule has 2 atom stereocenters. The van der Waals surface area contributed by atoms with Gasteiger partial charge in [-0.25, -0.2) is 4.79 Å². The third kappa shape index (κ3) is 3.62. The summed E-state index contributed by atoms with van der Waals surface area (Å²) in [4.78, 5) is 10.9. The molecule has 0 saturated heterocycles. The SMILES string of the molecule is O=C(O)c1cc(C(F)(F)F)ccc1C(O)C(O)CS. The van der Waals surface area contributed by atoms with Crippen LogP contribution >= 0.6 is 12.6 Å². The van der Waals surface area contributed by atoms with Gasteiger partial charge in [-0.15, -0.1) is 0 Å². The lowest BCUT2D eigenvalue weighted by Crippen LogP contribution is -2.22. The Kier molecular flexibility index (Phi) is 4.83. The number of halogens is 3. The van der Waals surface area contributed by atoms with Gasteiger partial charge in [0.2, 0.25) is 0 Å². The summed E-state index contributed by atoms with van der Waals surface area (Å²) in [6.07, 6.45) is -7.68. The van der Waals surface area contributed by atoms with E-state index in [1.807, 2.05) is 0 Å². The van der Waals surface area contributed by atoms with E-state index in [9.17, 15) is 28.2 Å². The van der Waals surface area contributed by atoms with Crippen molar-refractivity contribution in [2.24, 2.45) is 0 Å². The molecule has 19 heavy (non-hydrogen) atoms. The monoisotopic (exact) mass is 296 g/mol. The van der Waals surface area contributed by atoms with Crippen molar-refractivity contribution in [3.05, 3.63) is 34.9 Å². The number of carbonyl (C=O) groups is 1. The molecule has 0 saturated carbocycles. The number of rotatable bonds is 4. The van der Waals surface area contributed by atoms with Gasteiger partial charge in [0.1, 0.15) is 6.10 Å². The maximum absolute atomic E-state index is 12.5. The second-order valence-corrected chi connectivity index (χ2v) is 4.16. The largest absolute Gasteiger partial charge is 0.478 e. The van der Waals surface area contributed by atoms with Gasteiger partial charge < -0.3 is 15.3 Å². The standard InChI is InChI=1S/C11H11F3O4S/c12-11(13,14)5-1-2-6(7(3-5)10(17)18)9(16)8(15)4-19/h1-3,8-9,15-16,19H,4H2,(H,17,18). The first-order valence-corrected chi connectivity index (χ1v) is 5.73. The number of thiol groups is 1. The van der Waals surface area contributed by atoms with Crippen LogP contribution in [-0.2, 0) is 6.18 Å². The molecule has 0 fully saturated rings. The van der Waals surface area contributed by atoms with Crippen LogP contribution in [0.2, 0.25) is 0 Å². The maximum Gasteiger partial charge on any atom is 0.416 e. The van der Waals surface area contributed by atoms with E-state index in [1.165, 1.54) is 0 Å². The molecule has 0 heterocycles. The first-order valence-electron chi connectivity index (χ1n) is 5.10. The second-order valence-electron chi connectivity index (χ2n) is 3.80. The molecule has 106 valence electrons. The Morgan fingerprint density at radius 2 is 1.89 bits per heavy atom. The fourth-order valence-corrected chi connectivity index (χ4v) is 1.68. The molecule has 4 nitrogen and oxygen atoms in total. The van der Waals surface area contributed by atoms with Gasteiger partial charge in [0, 0.05) is 5.75 Å². The first-order chi connectivity index (χ1) is 8.68. The predicted octanol–water partition coefficient (Wildman–Crippen LogP) is 1.73. The van der Waals surface area contributed by atoms with Crippen LogP contribution in [0.5, 0.6) is 0 Å². The van der Waals surface area contributed by atoms with Crippen LogP contribution in [0.3, 0.4) is 0 Å². The summed E-state index contributed by atoms with van der Waals surface area (Å²) < 4.78 is 37.4. The highest BCUT2D eigenvalue weighted by Gasteiger charge is 2.33. The van der Waals surface area contributed by atoms with Crippen LogP contribution in [-0.4, -0.2) is 33.1 Å². The van der Waals surface area contributed by atoms with Gasteiger partial charge in [-0.2, -0.15) is 25.8 Å². The lowest BCUT2D eigenvalue weighted by atomic mass is 9.97. The minimum Gasteiger partial charge on any atom is -0.478 e. The van der Waals surface area contributed by atoms with E-state index in [2.05, 4.69) is 12.6 Å². The van der Waals surface area contributed by atoms with Crippen molar-refractivity contribution >= 4 is 18.6 Å². The number of hydrogen-bond donors (Lipinski definition) is 4. The van der Waals surface area contributed by atoms with Gasteiger partial charge in [0.05, 0.1) is 17.2 Å². The van der Waals surface area contributed by atoms with E-state index in [-0.39, 0.29) is 11.3 Å². The Morgan fingerprint density at radius 3 is 2.32 bits per heavy atom. The fraction of sp³-hybridized carbons (Fsp3) is 0.364. The summed E-state index contributed by atoms with van der Waals surface area (Å²) in [6, 6.07) is 1.91. The number of hydrogen-bond acceptors (Lipinski definition) is 4. The lowest BCUT2D eigenvalue weighted by Gasteiger charge is -2.19. The van der Waals surface area contributed by atoms with Gasteiger partial charge in [-0.05, 0) is 17.7 Å². The van der Waals surface area contributed by atoms with Crippen LogP contribution < -0.4 is 0 Å². The van der Waals surface area contributed by atoms with Crippen molar-refractivity contribution in [2.45, 2.75) is 18.4 Å². The zero-order chi connectivity index (χ0) is 14.8. The number of aliphatic hydroxyl groups excluding tert-OH is 2. The fourth-order valence-electron chi connectivity index (χ4n) is 1.48. The molecule has 1 aromatic carbocycles. The molecule has 2 unspecified atom stereocenters. The molecule has 0 spiro atoms. The average Bonchev–Trinajstić information content (AvgIpc) is 2.35. The normalized spacial score (nSPS) is 15.1. The molecule has 3 N–H and O–H groups in total. The van der Waals surface area contributed by atoms with E-state index >= 15 is 0 Å². The lowest BCUT2D eigenvalue weighted by molar-refractivity contribution is -0.137. The quantitative estimate of drug-likeness (QED) is 0.638. The molecule has 0 aliphatic rings. The Hall–Kier alpha value is -1.25. The molecule has 8 heteroatoms. The molecule has 0 radical (unpaired) electrons. The topological polar surface area (TPSA) is 77.8 Å². The molecule has 0 aliphatic heterocycles. The number of carboxylic acid groups (broad SMARTS) is 1. The number of alkyl halides is 3. The average molecular weight is 296 g/mol. The molecular formula is C11H11F3O4S. The van der Waals surface area contributed by atoms with Gasteiger partial charge in [-0.1, -0.05) is 6.07 Å². The Labute approximate surface area is 111 Å². The molecule has 0 bridgehead atoms. The predicted molar refractivity (Wildman–Crippen MR) is 63.2 cm³/mol. The van der Waals surface area contributed by atoms with Crippen LogP contribution in [0.25, 0.3) is 0 Å². The van der Waals surface area contributed by atoms with E-state index in [0.29, 0.717) is 12.1 Å². The highest BCUT2D eigenvalue weighted by atomic mass is 32.1. The Balaban J connectivity index is 3.31. The zero-order valence-corrected chi connectivity index (χ0v) is 10.3. The first kappa shape index (κ1) is 15.8. The summed E-state index contributed by atoms with van der Waals surface area (Å²) in [5.41, 5.74) is -2.13. The highest BCUT2D eigenvalue weighted by Crippen LogP contribution is 2.32. The number of aromatic carboxylic acids is 1. The molecule has 1 rings (SSSR count). The number of aliphatic hydroxyl groups is 2. The minimum atomic E-state index is -4.68. The van der Waals surface area contributed by atoms with Crippen molar-refractivity contribution in [1.29, 1.82) is 0 Å². The van der Waals surface area contributed by atoms with Gasteiger partial charge in [-0.3, -0.25) is 0 Å². The molecule has 0 aliphatic carbocycles.